The van der Waals surface area contributed by atoms with Crippen LogP contribution in [0.1, 0.15) is 23.1 Å². The van der Waals surface area contributed by atoms with Crippen LogP contribution in [0, 0.1) is 6.92 Å². The monoisotopic (exact) mass is 324 g/mol. The molecule has 0 aliphatic rings. The first-order valence-corrected chi connectivity index (χ1v) is 8.00. The Morgan fingerprint density at radius 3 is 2.55 bits per heavy atom. The first-order chi connectivity index (χ1) is 10.6. The fraction of sp³-hybridized carbons (Fsp3) is 0.294. The molecule has 0 atom stereocenters. The van der Waals surface area contributed by atoms with Crippen LogP contribution in [0.4, 0.5) is 8.78 Å². The highest BCUT2D eigenvalue weighted by molar-refractivity contribution is 7.98. The molecule has 22 heavy (non-hydrogen) atoms. The summed E-state index contributed by atoms with van der Waals surface area (Å²) < 4.78 is 37.1. The summed E-state index contributed by atoms with van der Waals surface area (Å²) >= 11 is 1.57. The summed E-state index contributed by atoms with van der Waals surface area (Å²) in [4.78, 5) is 1.01. The average molecular weight is 324 g/mol. The minimum atomic E-state index is -2.56. The van der Waals surface area contributed by atoms with E-state index in [-0.39, 0.29) is 17.9 Å². The van der Waals surface area contributed by atoms with Gasteiger partial charge in [-0.15, -0.1) is 11.8 Å². The molecule has 2 nitrogen and oxygen atoms in total. The van der Waals surface area contributed by atoms with Gasteiger partial charge in [-0.2, -0.15) is 0 Å². The van der Waals surface area contributed by atoms with E-state index in [1.54, 1.807) is 31.0 Å². The molecule has 5 heteroatoms. The second-order valence-corrected chi connectivity index (χ2v) is 5.62. The third-order valence-corrected chi connectivity index (χ3v) is 4.13. The van der Waals surface area contributed by atoms with Crippen LogP contribution in [0.15, 0.2) is 41.3 Å². The van der Waals surface area contributed by atoms with Gasteiger partial charge in [-0.1, -0.05) is 12.1 Å². The summed E-state index contributed by atoms with van der Waals surface area (Å²) in [5.41, 5.74) is 1.65. The van der Waals surface area contributed by atoms with Crippen LogP contribution in [-0.4, -0.2) is 13.4 Å². The van der Waals surface area contributed by atoms with Crippen LogP contribution in [0.2, 0.25) is 0 Å². The molecule has 118 valence electrons. The smallest absolute Gasteiger partial charge is 0.267 e. The molecule has 0 aliphatic heterocycles. The summed E-state index contributed by atoms with van der Waals surface area (Å²) in [6.07, 6.45) is -0.608. The van der Waals surface area contributed by atoms with E-state index < -0.39 is 6.43 Å². The SMILES string of the molecule is COc1cccc(SC)c1COc1cc(C)ccc1C(F)F. The van der Waals surface area contributed by atoms with Crippen molar-refractivity contribution in [3.05, 3.63) is 53.1 Å². The Bertz CT molecular complexity index is 622. The van der Waals surface area contributed by atoms with Crippen molar-refractivity contribution in [2.75, 3.05) is 13.4 Å². The van der Waals surface area contributed by atoms with Gasteiger partial charge in [0.1, 0.15) is 18.1 Å². The molecule has 0 saturated carbocycles. The molecule has 0 unspecified atom stereocenters. The van der Waals surface area contributed by atoms with Gasteiger partial charge in [0.15, 0.2) is 0 Å². The Labute approximate surface area is 133 Å². The molecule has 0 N–H and O–H groups in total. The molecule has 0 saturated heterocycles. The zero-order valence-electron chi connectivity index (χ0n) is 12.7. The maximum Gasteiger partial charge on any atom is 0.267 e. The largest absolute Gasteiger partial charge is 0.496 e. The third kappa shape index (κ3) is 3.71. The summed E-state index contributed by atoms with van der Waals surface area (Å²) in [6, 6.07) is 10.4. The van der Waals surface area contributed by atoms with E-state index in [2.05, 4.69) is 0 Å². The zero-order chi connectivity index (χ0) is 16.1. The van der Waals surface area contributed by atoms with Crippen LogP contribution < -0.4 is 9.47 Å². The van der Waals surface area contributed by atoms with Gasteiger partial charge in [0.05, 0.1) is 12.7 Å². The molecule has 2 aromatic rings. The number of benzene rings is 2. The minimum absolute atomic E-state index is 0.0915. The van der Waals surface area contributed by atoms with Crippen molar-refractivity contribution in [1.29, 1.82) is 0 Å². The van der Waals surface area contributed by atoms with Crippen molar-refractivity contribution in [2.24, 2.45) is 0 Å². The summed E-state index contributed by atoms with van der Waals surface area (Å²) in [6.45, 7) is 2.03. The van der Waals surface area contributed by atoms with Gasteiger partial charge >= 0.3 is 0 Å². The molecule has 0 heterocycles. The number of ether oxygens (including phenoxy) is 2. The molecule has 0 bridgehead atoms. The predicted molar refractivity (Wildman–Crippen MR) is 85.2 cm³/mol. The Kier molecular flexibility index (Phi) is 5.66. The van der Waals surface area contributed by atoms with Crippen molar-refractivity contribution in [1.82, 2.24) is 0 Å². The van der Waals surface area contributed by atoms with Gasteiger partial charge in [-0.25, -0.2) is 8.78 Å². The lowest BCUT2D eigenvalue weighted by molar-refractivity contribution is 0.144. The lowest BCUT2D eigenvalue weighted by Gasteiger charge is -2.16. The maximum atomic E-state index is 13.1. The van der Waals surface area contributed by atoms with Crippen LogP contribution in [0.25, 0.3) is 0 Å². The third-order valence-electron chi connectivity index (χ3n) is 3.31. The standard InChI is InChI=1S/C17H18F2O2S/c1-11-7-8-12(17(18)19)15(9-11)21-10-13-14(20-2)5-4-6-16(13)22-3/h4-9,17H,10H2,1-3H3. The van der Waals surface area contributed by atoms with E-state index in [1.807, 2.05) is 31.4 Å². The normalized spacial score (nSPS) is 10.8. The lowest BCUT2D eigenvalue weighted by atomic mass is 10.1. The first-order valence-electron chi connectivity index (χ1n) is 6.78. The minimum Gasteiger partial charge on any atom is -0.496 e. The highest BCUT2D eigenvalue weighted by atomic mass is 32.2. The molecule has 2 aromatic carbocycles. The van der Waals surface area contributed by atoms with Crippen LogP contribution >= 0.6 is 11.8 Å². The van der Waals surface area contributed by atoms with E-state index in [0.717, 1.165) is 16.0 Å². The average Bonchev–Trinajstić information content (AvgIpc) is 2.52. The molecular formula is C17H18F2O2S. The number of halogens is 2. The Balaban J connectivity index is 2.29. The lowest BCUT2D eigenvalue weighted by Crippen LogP contribution is -2.03. The topological polar surface area (TPSA) is 18.5 Å². The predicted octanol–water partition coefficient (Wildman–Crippen LogP) is 5.24. The fourth-order valence-electron chi connectivity index (χ4n) is 2.17. The van der Waals surface area contributed by atoms with Crippen LogP contribution in [0.5, 0.6) is 11.5 Å². The Morgan fingerprint density at radius 1 is 1.14 bits per heavy atom. The second kappa shape index (κ2) is 7.49. The van der Waals surface area contributed by atoms with E-state index in [1.165, 1.54) is 6.07 Å². The molecule has 0 aromatic heterocycles. The number of hydrogen-bond donors (Lipinski definition) is 0. The molecule has 0 aliphatic carbocycles. The van der Waals surface area contributed by atoms with Crippen molar-refractivity contribution < 1.29 is 18.3 Å². The number of rotatable bonds is 6. The van der Waals surface area contributed by atoms with Crippen LogP contribution in [0.3, 0.4) is 0 Å². The quantitative estimate of drug-likeness (QED) is 0.677. The van der Waals surface area contributed by atoms with Crippen molar-refractivity contribution in [3.8, 4) is 11.5 Å². The van der Waals surface area contributed by atoms with Crippen molar-refractivity contribution >= 4 is 11.8 Å². The molecule has 0 radical (unpaired) electrons. The molecular weight excluding hydrogens is 306 g/mol. The molecule has 0 amide bonds. The van der Waals surface area contributed by atoms with E-state index in [0.29, 0.717) is 5.75 Å². The molecule has 2 rings (SSSR count). The molecule has 0 fully saturated rings. The van der Waals surface area contributed by atoms with E-state index in [9.17, 15) is 8.78 Å². The summed E-state index contributed by atoms with van der Waals surface area (Å²) in [5.74, 6) is 0.908. The molecule has 0 spiro atoms. The maximum absolute atomic E-state index is 13.1. The second-order valence-electron chi connectivity index (χ2n) is 4.77. The van der Waals surface area contributed by atoms with E-state index in [4.69, 9.17) is 9.47 Å². The van der Waals surface area contributed by atoms with Gasteiger partial charge in [-0.3, -0.25) is 0 Å². The van der Waals surface area contributed by atoms with Gasteiger partial charge < -0.3 is 9.47 Å². The first kappa shape index (κ1) is 16.6. The summed E-state index contributed by atoms with van der Waals surface area (Å²) in [5, 5.41) is 0. The van der Waals surface area contributed by atoms with Crippen molar-refractivity contribution in [3.63, 3.8) is 0 Å². The number of alkyl halides is 2. The van der Waals surface area contributed by atoms with Gasteiger partial charge in [0.25, 0.3) is 6.43 Å². The zero-order valence-corrected chi connectivity index (χ0v) is 13.5. The number of thioether (sulfide) groups is 1. The Morgan fingerprint density at radius 2 is 1.91 bits per heavy atom. The van der Waals surface area contributed by atoms with Crippen molar-refractivity contribution in [2.45, 2.75) is 24.9 Å². The summed E-state index contributed by atoms with van der Waals surface area (Å²) in [7, 11) is 1.58. The van der Waals surface area contributed by atoms with Gasteiger partial charge in [0.2, 0.25) is 0 Å². The van der Waals surface area contributed by atoms with Gasteiger partial charge in [-0.05, 0) is 43.0 Å². The van der Waals surface area contributed by atoms with Crippen LogP contribution in [-0.2, 0) is 6.61 Å². The number of methoxy groups -OCH3 is 1. The van der Waals surface area contributed by atoms with Gasteiger partial charge in [0, 0.05) is 10.5 Å². The Hall–Kier alpha value is -1.75. The fourth-order valence-corrected chi connectivity index (χ4v) is 2.79. The highest BCUT2D eigenvalue weighted by Crippen LogP contribution is 2.33. The number of aryl methyl sites for hydroxylation is 1. The van der Waals surface area contributed by atoms with E-state index >= 15 is 0 Å². The highest BCUT2D eigenvalue weighted by Gasteiger charge is 2.16. The number of hydrogen-bond acceptors (Lipinski definition) is 3.